The summed E-state index contributed by atoms with van der Waals surface area (Å²) in [5.74, 6) is -0.956. The molecule has 0 aliphatic rings. The quantitative estimate of drug-likeness (QED) is 0.796. The molecule has 7 heteroatoms. The molecule has 0 fully saturated rings. The van der Waals surface area contributed by atoms with Gasteiger partial charge in [-0.25, -0.2) is 14.5 Å². The summed E-state index contributed by atoms with van der Waals surface area (Å²) in [6.45, 7) is 2.59. The Hall–Kier alpha value is -2.28. The minimum Gasteiger partial charge on any atom is -0.478 e. The van der Waals surface area contributed by atoms with Gasteiger partial charge in [0.05, 0.1) is 17.6 Å². The Balaban J connectivity index is 1.98. The maximum atomic E-state index is 11.0. The van der Waals surface area contributed by atoms with Gasteiger partial charge in [0.25, 0.3) is 0 Å². The SMILES string of the molecule is CCc1cnc(Cn2nnc3ccc(C(=O)O)cc32)s1. The maximum Gasteiger partial charge on any atom is 0.335 e. The smallest absolute Gasteiger partial charge is 0.335 e. The maximum absolute atomic E-state index is 11.0. The topological polar surface area (TPSA) is 80.9 Å². The van der Waals surface area contributed by atoms with Gasteiger partial charge in [0.15, 0.2) is 0 Å². The largest absolute Gasteiger partial charge is 0.478 e. The molecule has 2 heterocycles. The van der Waals surface area contributed by atoms with Crippen LogP contribution >= 0.6 is 11.3 Å². The molecule has 2 aromatic heterocycles. The number of thiazole rings is 1. The molecule has 0 aliphatic heterocycles. The molecule has 20 heavy (non-hydrogen) atoms. The van der Waals surface area contributed by atoms with Gasteiger partial charge in [-0.1, -0.05) is 12.1 Å². The molecule has 0 amide bonds. The van der Waals surface area contributed by atoms with Gasteiger partial charge in [-0.3, -0.25) is 0 Å². The van der Waals surface area contributed by atoms with Crippen molar-refractivity contribution in [2.75, 3.05) is 0 Å². The molecule has 102 valence electrons. The lowest BCUT2D eigenvalue weighted by Crippen LogP contribution is -2.02. The molecule has 0 atom stereocenters. The number of nitrogens with zero attached hydrogens (tertiary/aromatic N) is 4. The number of carbonyl (C=O) groups is 1. The third-order valence-electron chi connectivity index (χ3n) is 3.00. The highest BCUT2D eigenvalue weighted by Gasteiger charge is 2.11. The first-order valence-electron chi connectivity index (χ1n) is 6.17. The number of hydrogen-bond donors (Lipinski definition) is 1. The summed E-state index contributed by atoms with van der Waals surface area (Å²) < 4.78 is 1.68. The van der Waals surface area contributed by atoms with E-state index >= 15 is 0 Å². The minimum absolute atomic E-state index is 0.231. The number of carboxylic acids is 1. The van der Waals surface area contributed by atoms with Crippen LogP contribution in [-0.4, -0.2) is 31.1 Å². The van der Waals surface area contributed by atoms with Crippen LogP contribution < -0.4 is 0 Å². The van der Waals surface area contributed by atoms with Gasteiger partial charge < -0.3 is 5.11 Å². The van der Waals surface area contributed by atoms with E-state index in [1.165, 1.54) is 10.9 Å². The van der Waals surface area contributed by atoms with Gasteiger partial charge >= 0.3 is 5.97 Å². The van der Waals surface area contributed by atoms with Crippen molar-refractivity contribution >= 4 is 28.3 Å². The number of aromatic carboxylic acids is 1. The van der Waals surface area contributed by atoms with Crippen LogP contribution in [0.25, 0.3) is 11.0 Å². The summed E-state index contributed by atoms with van der Waals surface area (Å²) in [5.41, 5.74) is 1.62. The second-order valence-corrected chi connectivity index (χ2v) is 5.53. The highest BCUT2D eigenvalue weighted by Crippen LogP contribution is 2.18. The number of fused-ring (bicyclic) bond motifs is 1. The van der Waals surface area contributed by atoms with Crippen molar-refractivity contribution in [3.8, 4) is 0 Å². The van der Waals surface area contributed by atoms with E-state index in [9.17, 15) is 4.79 Å². The van der Waals surface area contributed by atoms with Gasteiger partial charge in [-0.05, 0) is 24.6 Å². The van der Waals surface area contributed by atoms with E-state index in [0.29, 0.717) is 17.6 Å². The number of carboxylic acid groups (broad SMARTS) is 1. The fourth-order valence-electron chi connectivity index (χ4n) is 1.93. The number of aryl methyl sites for hydroxylation is 1. The van der Waals surface area contributed by atoms with Crippen molar-refractivity contribution in [3.63, 3.8) is 0 Å². The highest BCUT2D eigenvalue weighted by molar-refractivity contribution is 7.11. The third-order valence-corrected chi connectivity index (χ3v) is 4.12. The molecule has 0 saturated heterocycles. The summed E-state index contributed by atoms with van der Waals surface area (Å²) in [6.07, 6.45) is 2.82. The second kappa shape index (κ2) is 5.01. The number of rotatable bonds is 4. The lowest BCUT2D eigenvalue weighted by atomic mass is 10.2. The molecule has 0 aliphatic carbocycles. The van der Waals surface area contributed by atoms with Crippen molar-refractivity contribution in [3.05, 3.63) is 39.8 Å². The van der Waals surface area contributed by atoms with Crippen molar-refractivity contribution in [1.29, 1.82) is 0 Å². The average molecular weight is 288 g/mol. The lowest BCUT2D eigenvalue weighted by Gasteiger charge is -2.00. The first-order valence-corrected chi connectivity index (χ1v) is 6.99. The molecule has 6 nitrogen and oxygen atoms in total. The summed E-state index contributed by atoms with van der Waals surface area (Å²) in [5, 5.41) is 18.1. The Morgan fingerprint density at radius 1 is 1.45 bits per heavy atom. The molecule has 3 rings (SSSR count). The fourth-order valence-corrected chi connectivity index (χ4v) is 2.77. The van der Waals surface area contributed by atoms with Crippen molar-refractivity contribution in [1.82, 2.24) is 20.0 Å². The molecule has 0 spiro atoms. The Morgan fingerprint density at radius 2 is 2.30 bits per heavy atom. The van der Waals surface area contributed by atoms with E-state index in [2.05, 4.69) is 22.2 Å². The van der Waals surface area contributed by atoms with Crippen LogP contribution in [0.1, 0.15) is 27.2 Å². The summed E-state index contributed by atoms with van der Waals surface area (Å²) >= 11 is 1.63. The number of aromatic nitrogens is 4. The molecular formula is C13H12N4O2S. The summed E-state index contributed by atoms with van der Waals surface area (Å²) in [4.78, 5) is 16.6. The van der Waals surface area contributed by atoms with Gasteiger partial charge in [-0.2, -0.15) is 0 Å². The Morgan fingerprint density at radius 3 is 3.00 bits per heavy atom. The zero-order chi connectivity index (χ0) is 14.1. The van der Waals surface area contributed by atoms with E-state index in [1.54, 1.807) is 28.2 Å². The summed E-state index contributed by atoms with van der Waals surface area (Å²) in [7, 11) is 0. The zero-order valence-electron chi connectivity index (χ0n) is 10.8. The van der Waals surface area contributed by atoms with Crippen LogP contribution in [0.5, 0.6) is 0 Å². The molecule has 0 bridgehead atoms. The molecule has 0 unspecified atom stereocenters. The highest BCUT2D eigenvalue weighted by atomic mass is 32.1. The van der Waals surface area contributed by atoms with E-state index in [1.807, 2.05) is 6.20 Å². The van der Waals surface area contributed by atoms with Crippen LogP contribution in [0.3, 0.4) is 0 Å². The van der Waals surface area contributed by atoms with Gasteiger partial charge in [-0.15, -0.1) is 16.4 Å². The van der Waals surface area contributed by atoms with E-state index < -0.39 is 5.97 Å². The van der Waals surface area contributed by atoms with Gasteiger partial charge in [0.2, 0.25) is 0 Å². The average Bonchev–Trinajstić information content (AvgIpc) is 3.06. The van der Waals surface area contributed by atoms with E-state index in [4.69, 9.17) is 5.11 Å². The fraction of sp³-hybridized carbons (Fsp3) is 0.231. The monoisotopic (exact) mass is 288 g/mol. The first-order chi connectivity index (χ1) is 9.67. The summed E-state index contributed by atoms with van der Waals surface area (Å²) in [6, 6.07) is 4.79. The van der Waals surface area contributed by atoms with Crippen LogP contribution in [0.2, 0.25) is 0 Å². The third kappa shape index (κ3) is 2.27. The first kappa shape index (κ1) is 12.7. The number of hydrogen-bond acceptors (Lipinski definition) is 5. The van der Waals surface area contributed by atoms with E-state index in [0.717, 1.165) is 11.4 Å². The van der Waals surface area contributed by atoms with Crippen LogP contribution in [-0.2, 0) is 13.0 Å². The predicted octanol–water partition coefficient (Wildman–Crippen LogP) is 2.20. The minimum atomic E-state index is -0.956. The normalized spacial score (nSPS) is 11.1. The van der Waals surface area contributed by atoms with E-state index in [-0.39, 0.29) is 5.56 Å². The lowest BCUT2D eigenvalue weighted by molar-refractivity contribution is 0.0697. The Bertz CT molecular complexity index is 778. The second-order valence-electron chi connectivity index (χ2n) is 4.33. The predicted molar refractivity (Wildman–Crippen MR) is 75.1 cm³/mol. The van der Waals surface area contributed by atoms with Gasteiger partial charge in [0, 0.05) is 11.1 Å². The van der Waals surface area contributed by atoms with Crippen LogP contribution in [0, 0.1) is 0 Å². The van der Waals surface area contributed by atoms with Crippen LogP contribution in [0.4, 0.5) is 0 Å². The zero-order valence-corrected chi connectivity index (χ0v) is 11.6. The molecule has 3 aromatic rings. The Labute approximate surface area is 118 Å². The number of benzene rings is 1. The van der Waals surface area contributed by atoms with Gasteiger partial charge in [0.1, 0.15) is 10.5 Å². The standard InChI is InChI=1S/C13H12N4O2S/c1-2-9-6-14-12(20-9)7-17-11-5-8(13(18)19)3-4-10(11)15-16-17/h3-6H,2,7H2,1H3,(H,18,19). The van der Waals surface area contributed by atoms with Crippen molar-refractivity contribution < 1.29 is 9.90 Å². The van der Waals surface area contributed by atoms with Crippen LogP contribution in [0.15, 0.2) is 24.4 Å². The van der Waals surface area contributed by atoms with Crippen molar-refractivity contribution in [2.45, 2.75) is 19.9 Å². The van der Waals surface area contributed by atoms with Crippen molar-refractivity contribution in [2.24, 2.45) is 0 Å². The molecule has 0 saturated carbocycles. The molecular weight excluding hydrogens is 276 g/mol. The molecule has 1 N–H and O–H groups in total. The molecule has 1 aromatic carbocycles. The molecule has 0 radical (unpaired) electrons. The Kier molecular flexibility index (Phi) is 3.19.